The average Bonchev–Trinajstić information content (AvgIpc) is 2.99. The van der Waals surface area contributed by atoms with E-state index in [1.165, 1.54) is 12.4 Å². The molecule has 0 aliphatic carbocycles. The fourth-order valence-corrected chi connectivity index (χ4v) is 2.12. The van der Waals surface area contributed by atoms with Crippen LogP contribution in [0.4, 0.5) is 4.39 Å². The van der Waals surface area contributed by atoms with Crippen LogP contribution in [0.3, 0.4) is 0 Å². The molecule has 1 aromatic carbocycles. The highest BCUT2D eigenvalue weighted by Gasteiger charge is 2.09. The first-order valence-electron chi connectivity index (χ1n) is 6.68. The molecule has 3 aromatic rings. The van der Waals surface area contributed by atoms with Crippen LogP contribution in [0.2, 0.25) is 0 Å². The molecule has 0 aliphatic rings. The van der Waals surface area contributed by atoms with Crippen molar-refractivity contribution < 1.29 is 9.18 Å². The first-order chi connectivity index (χ1) is 10.6. The number of hydrogen-bond acceptors (Lipinski definition) is 3. The summed E-state index contributed by atoms with van der Waals surface area (Å²) >= 11 is 0. The Balaban J connectivity index is 1.70. The van der Waals surface area contributed by atoms with Gasteiger partial charge in [-0.05, 0) is 18.2 Å². The third kappa shape index (κ3) is 2.73. The summed E-state index contributed by atoms with van der Waals surface area (Å²) in [5.41, 5.74) is 0.476. The second-order valence-corrected chi connectivity index (χ2v) is 4.76. The van der Waals surface area contributed by atoms with Crippen LogP contribution in [0.15, 0.2) is 53.7 Å². The molecule has 0 fully saturated rings. The van der Waals surface area contributed by atoms with Gasteiger partial charge in [0.15, 0.2) is 0 Å². The van der Waals surface area contributed by atoms with Crippen molar-refractivity contribution in [3.05, 3.63) is 70.7 Å². The maximum Gasteiger partial charge on any atom is 0.291 e. The number of nitrogens with zero attached hydrogens (tertiary/aromatic N) is 3. The molecule has 0 atom stereocenters. The number of aromatic nitrogens is 3. The van der Waals surface area contributed by atoms with Gasteiger partial charge >= 0.3 is 0 Å². The van der Waals surface area contributed by atoms with E-state index in [4.69, 9.17) is 0 Å². The molecule has 1 N–H and O–H groups in total. The van der Waals surface area contributed by atoms with Gasteiger partial charge in [0.25, 0.3) is 5.56 Å². The van der Waals surface area contributed by atoms with E-state index in [0.29, 0.717) is 11.1 Å². The van der Waals surface area contributed by atoms with E-state index in [-0.39, 0.29) is 24.5 Å². The minimum atomic E-state index is -0.409. The molecular formula is C15H13FN4O2. The number of amides is 1. The van der Waals surface area contributed by atoms with Crippen molar-refractivity contribution in [1.82, 2.24) is 19.5 Å². The zero-order valence-corrected chi connectivity index (χ0v) is 11.6. The highest BCUT2D eigenvalue weighted by atomic mass is 19.1. The summed E-state index contributed by atoms with van der Waals surface area (Å²) in [6.45, 7) is -0.150. The Kier molecular flexibility index (Phi) is 3.69. The first-order valence-corrected chi connectivity index (χ1v) is 6.68. The molecule has 0 bridgehead atoms. The number of nitrogens with one attached hydrogen (secondary N) is 1. The molecule has 0 aliphatic heterocycles. The third-order valence-corrected chi connectivity index (χ3v) is 3.28. The molecule has 0 saturated carbocycles. The predicted octanol–water partition coefficient (Wildman–Crippen LogP) is 0.951. The number of carbonyl (C=O) groups is 1. The number of rotatable bonds is 4. The Bertz CT molecular complexity index is 884. The topological polar surface area (TPSA) is 68.4 Å². The van der Waals surface area contributed by atoms with Gasteiger partial charge in [-0.3, -0.25) is 9.59 Å². The molecule has 0 spiro atoms. The molecule has 22 heavy (non-hydrogen) atoms. The molecule has 112 valence electrons. The van der Waals surface area contributed by atoms with Crippen molar-refractivity contribution in [1.29, 1.82) is 0 Å². The number of hydrogen-bond donors (Lipinski definition) is 1. The summed E-state index contributed by atoms with van der Waals surface area (Å²) in [5.74, 6) is -0.790. The number of fused-ring (bicyclic) bond motifs is 1. The molecule has 2 heterocycles. The minimum absolute atomic E-state index is 0.0631. The van der Waals surface area contributed by atoms with Crippen LogP contribution >= 0.6 is 0 Å². The molecule has 1 amide bonds. The van der Waals surface area contributed by atoms with Gasteiger partial charge in [-0.25, -0.2) is 9.07 Å². The normalized spacial score (nSPS) is 10.8. The summed E-state index contributed by atoms with van der Waals surface area (Å²) in [6.07, 6.45) is 3.16. The van der Waals surface area contributed by atoms with Gasteiger partial charge in [0, 0.05) is 18.3 Å². The molecule has 3 rings (SSSR count). The van der Waals surface area contributed by atoms with E-state index >= 15 is 0 Å². The van der Waals surface area contributed by atoms with E-state index in [9.17, 15) is 14.0 Å². The van der Waals surface area contributed by atoms with E-state index in [2.05, 4.69) is 10.4 Å². The summed E-state index contributed by atoms with van der Waals surface area (Å²) in [6, 6.07) is 9.56. The van der Waals surface area contributed by atoms with Gasteiger partial charge in [0.2, 0.25) is 5.91 Å². The van der Waals surface area contributed by atoms with Gasteiger partial charge in [0.05, 0.1) is 0 Å². The molecule has 2 aromatic heterocycles. The highest BCUT2D eigenvalue weighted by molar-refractivity contribution is 5.75. The Hall–Kier alpha value is -2.96. The van der Waals surface area contributed by atoms with Gasteiger partial charge in [-0.1, -0.05) is 18.2 Å². The molecule has 7 heteroatoms. The Morgan fingerprint density at radius 1 is 1.23 bits per heavy atom. The fourth-order valence-electron chi connectivity index (χ4n) is 2.12. The zero-order valence-electron chi connectivity index (χ0n) is 11.6. The van der Waals surface area contributed by atoms with Gasteiger partial charge < -0.3 is 9.72 Å². The number of carbonyl (C=O) groups excluding carboxylic acids is 1. The van der Waals surface area contributed by atoms with Crippen LogP contribution in [0.5, 0.6) is 0 Å². The second kappa shape index (κ2) is 5.80. The summed E-state index contributed by atoms with van der Waals surface area (Å²) < 4.78 is 16.1. The molecule has 0 radical (unpaired) electrons. The molecule has 6 nitrogen and oxygen atoms in total. The van der Waals surface area contributed by atoms with Gasteiger partial charge in [0.1, 0.15) is 24.2 Å². The number of halogens is 1. The average molecular weight is 300 g/mol. The largest absolute Gasteiger partial charge is 0.350 e. The van der Waals surface area contributed by atoms with Gasteiger partial charge in [-0.2, -0.15) is 5.10 Å². The lowest BCUT2D eigenvalue weighted by Crippen LogP contribution is -2.34. The van der Waals surface area contributed by atoms with Crippen molar-refractivity contribution in [3.63, 3.8) is 0 Å². The van der Waals surface area contributed by atoms with Crippen LogP contribution in [0.1, 0.15) is 5.56 Å². The Morgan fingerprint density at radius 2 is 2.05 bits per heavy atom. The second-order valence-electron chi connectivity index (χ2n) is 4.76. The first kappa shape index (κ1) is 14.0. The smallest absolute Gasteiger partial charge is 0.291 e. The minimum Gasteiger partial charge on any atom is -0.350 e. The Labute approximate surface area is 124 Å². The molecule has 0 saturated heterocycles. The summed E-state index contributed by atoms with van der Waals surface area (Å²) in [7, 11) is 0. The van der Waals surface area contributed by atoms with Crippen molar-refractivity contribution in [2.75, 3.05) is 0 Å². The van der Waals surface area contributed by atoms with Gasteiger partial charge in [-0.15, -0.1) is 0 Å². The third-order valence-electron chi connectivity index (χ3n) is 3.28. The zero-order chi connectivity index (χ0) is 15.5. The lowest BCUT2D eigenvalue weighted by Gasteiger charge is -2.07. The summed E-state index contributed by atoms with van der Waals surface area (Å²) in [5, 5.41) is 6.50. The Morgan fingerprint density at radius 3 is 2.86 bits per heavy atom. The maximum absolute atomic E-state index is 13.4. The summed E-state index contributed by atoms with van der Waals surface area (Å²) in [4.78, 5) is 24.0. The van der Waals surface area contributed by atoms with Crippen molar-refractivity contribution in [2.45, 2.75) is 13.1 Å². The van der Waals surface area contributed by atoms with E-state index in [1.54, 1.807) is 40.9 Å². The molecular weight excluding hydrogens is 287 g/mol. The lowest BCUT2D eigenvalue weighted by atomic mass is 10.2. The van der Waals surface area contributed by atoms with Crippen molar-refractivity contribution in [2.24, 2.45) is 0 Å². The van der Waals surface area contributed by atoms with Crippen LogP contribution in [-0.2, 0) is 17.9 Å². The van der Waals surface area contributed by atoms with Crippen molar-refractivity contribution >= 4 is 11.4 Å². The van der Waals surface area contributed by atoms with E-state index in [1.807, 2.05) is 0 Å². The van der Waals surface area contributed by atoms with Crippen LogP contribution in [-0.4, -0.2) is 20.1 Å². The quantitative estimate of drug-likeness (QED) is 0.780. The maximum atomic E-state index is 13.4. The van der Waals surface area contributed by atoms with E-state index in [0.717, 1.165) is 4.68 Å². The van der Waals surface area contributed by atoms with Crippen molar-refractivity contribution in [3.8, 4) is 0 Å². The van der Waals surface area contributed by atoms with Crippen LogP contribution < -0.4 is 10.9 Å². The fraction of sp³-hybridized carbons (Fsp3) is 0.133. The lowest BCUT2D eigenvalue weighted by molar-refractivity contribution is -0.122. The SMILES string of the molecule is O=C(Cn1ncn2cccc2c1=O)NCc1ccccc1F. The predicted molar refractivity (Wildman–Crippen MR) is 77.7 cm³/mol. The van der Waals surface area contributed by atoms with E-state index < -0.39 is 5.91 Å². The number of benzene rings is 1. The van der Waals surface area contributed by atoms with Crippen LogP contribution in [0.25, 0.3) is 5.52 Å². The molecule has 0 unspecified atom stereocenters. The standard InChI is InChI=1S/C15H13FN4O2/c16-12-5-2-1-4-11(12)8-17-14(21)9-20-15(22)13-6-3-7-19(13)10-18-20/h1-7,10H,8-9H2,(H,17,21). The van der Waals surface area contributed by atoms with Crippen LogP contribution in [0, 0.1) is 5.82 Å². The monoisotopic (exact) mass is 300 g/mol. The highest BCUT2D eigenvalue weighted by Crippen LogP contribution is 2.05.